The van der Waals surface area contributed by atoms with E-state index in [-0.39, 0.29) is 12.7 Å². The molecule has 2 N–H and O–H groups in total. The van der Waals surface area contributed by atoms with Crippen molar-refractivity contribution >= 4 is 16.8 Å². The van der Waals surface area contributed by atoms with Crippen LogP contribution in [0.5, 0.6) is 23.0 Å². The molecule has 0 saturated heterocycles. The fourth-order valence-electron chi connectivity index (χ4n) is 3.65. The van der Waals surface area contributed by atoms with Crippen molar-refractivity contribution in [2.75, 3.05) is 13.3 Å². The number of nitrogens with one attached hydrogen (secondary N) is 2. The van der Waals surface area contributed by atoms with E-state index in [2.05, 4.69) is 24.1 Å². The van der Waals surface area contributed by atoms with E-state index in [0.717, 1.165) is 29.5 Å². The van der Waals surface area contributed by atoms with Gasteiger partial charge in [-0.3, -0.25) is 4.79 Å². The molecule has 0 unspecified atom stereocenters. The van der Waals surface area contributed by atoms with E-state index in [1.807, 2.05) is 42.5 Å². The third kappa shape index (κ3) is 4.53. The van der Waals surface area contributed by atoms with Crippen LogP contribution in [0.15, 0.2) is 42.5 Å². The maximum atomic E-state index is 12.6. The molecule has 6 heteroatoms. The lowest BCUT2D eigenvalue weighted by molar-refractivity contribution is 0.0941. The van der Waals surface area contributed by atoms with Gasteiger partial charge in [0.25, 0.3) is 5.91 Å². The Hall–Kier alpha value is -3.15. The summed E-state index contributed by atoms with van der Waals surface area (Å²) >= 11 is 0. The molecule has 1 amide bonds. The molecule has 0 saturated carbocycles. The van der Waals surface area contributed by atoms with Crippen LogP contribution in [-0.2, 0) is 0 Å². The van der Waals surface area contributed by atoms with Crippen molar-refractivity contribution in [1.82, 2.24) is 10.3 Å². The highest BCUT2D eigenvalue weighted by Gasteiger charge is 2.15. The lowest BCUT2D eigenvalue weighted by Crippen LogP contribution is -2.29. The first kappa shape index (κ1) is 20.1. The van der Waals surface area contributed by atoms with Crippen LogP contribution < -0.4 is 19.5 Å². The number of ether oxygens (including phenoxy) is 3. The summed E-state index contributed by atoms with van der Waals surface area (Å²) in [6.45, 7) is 5.32. The molecule has 6 nitrogen and oxygen atoms in total. The molecule has 1 aliphatic rings. The molecular weight excluding hydrogens is 380 g/mol. The van der Waals surface area contributed by atoms with Gasteiger partial charge in [-0.15, -0.1) is 0 Å². The predicted molar refractivity (Wildman–Crippen MR) is 117 cm³/mol. The highest BCUT2D eigenvalue weighted by Crippen LogP contribution is 2.37. The Morgan fingerprint density at radius 2 is 1.90 bits per heavy atom. The third-order valence-corrected chi connectivity index (χ3v) is 5.51. The van der Waals surface area contributed by atoms with Gasteiger partial charge in [-0.05, 0) is 48.7 Å². The summed E-state index contributed by atoms with van der Waals surface area (Å²) in [6.07, 6.45) is 4.62. The summed E-state index contributed by atoms with van der Waals surface area (Å²) in [5, 5.41) is 4.00. The van der Waals surface area contributed by atoms with Crippen LogP contribution in [0.3, 0.4) is 0 Å². The number of benzene rings is 2. The number of fused-ring (bicyclic) bond motifs is 2. The largest absolute Gasteiger partial charge is 0.457 e. The Morgan fingerprint density at radius 3 is 2.73 bits per heavy atom. The Balaban J connectivity index is 1.42. The monoisotopic (exact) mass is 408 g/mol. The van der Waals surface area contributed by atoms with E-state index in [1.54, 1.807) is 0 Å². The lowest BCUT2D eigenvalue weighted by atomic mass is 9.99. The minimum absolute atomic E-state index is 0.0700. The first-order valence-electron chi connectivity index (χ1n) is 10.6. The molecule has 158 valence electrons. The van der Waals surface area contributed by atoms with Gasteiger partial charge in [-0.2, -0.15) is 0 Å². The average Bonchev–Trinajstić information content (AvgIpc) is 3.39. The maximum absolute atomic E-state index is 12.6. The quantitative estimate of drug-likeness (QED) is 0.481. The molecule has 0 spiro atoms. The highest BCUT2D eigenvalue weighted by molar-refractivity contribution is 5.98. The van der Waals surface area contributed by atoms with E-state index >= 15 is 0 Å². The van der Waals surface area contributed by atoms with Gasteiger partial charge in [-0.25, -0.2) is 0 Å². The fraction of sp³-hybridized carbons (Fsp3) is 0.375. The zero-order valence-corrected chi connectivity index (χ0v) is 17.5. The molecule has 1 atom stereocenters. The van der Waals surface area contributed by atoms with Gasteiger partial charge in [0.2, 0.25) is 6.79 Å². The summed E-state index contributed by atoms with van der Waals surface area (Å²) in [5.41, 5.74) is 1.46. The second-order valence-electron chi connectivity index (χ2n) is 7.68. The summed E-state index contributed by atoms with van der Waals surface area (Å²) in [7, 11) is 0. The van der Waals surface area contributed by atoms with Crippen LogP contribution in [-0.4, -0.2) is 24.2 Å². The van der Waals surface area contributed by atoms with Gasteiger partial charge < -0.3 is 24.5 Å². The molecule has 1 aliphatic heterocycles. The molecule has 0 radical (unpaired) electrons. The number of hydrogen-bond acceptors (Lipinski definition) is 4. The second-order valence-corrected chi connectivity index (χ2v) is 7.68. The molecule has 1 aromatic heterocycles. The predicted octanol–water partition coefficient (Wildman–Crippen LogP) is 5.64. The van der Waals surface area contributed by atoms with Crippen LogP contribution >= 0.6 is 0 Å². The Morgan fingerprint density at radius 1 is 1.10 bits per heavy atom. The summed E-state index contributed by atoms with van der Waals surface area (Å²) in [5.74, 6) is 3.22. The van der Waals surface area contributed by atoms with Crippen LogP contribution in [0.2, 0.25) is 0 Å². The summed E-state index contributed by atoms with van der Waals surface area (Å²) < 4.78 is 16.7. The molecule has 0 bridgehead atoms. The minimum Gasteiger partial charge on any atom is -0.457 e. The molecule has 2 aromatic carbocycles. The van der Waals surface area contributed by atoms with Gasteiger partial charge in [0.15, 0.2) is 11.5 Å². The Labute approximate surface area is 176 Å². The first-order chi connectivity index (χ1) is 14.7. The standard InChI is InChI=1S/C24H28N2O4/c1-3-5-6-16(4-2)14-25-24(27)21-12-17-11-18(7-9-20(17)26-21)30-19-8-10-22-23(13-19)29-15-28-22/h7-13,16,26H,3-6,14-15H2,1-2H3,(H,25,27)/t16-/m1/s1. The topological polar surface area (TPSA) is 72.6 Å². The minimum atomic E-state index is -0.0700. The van der Waals surface area contributed by atoms with E-state index in [1.165, 1.54) is 12.8 Å². The van der Waals surface area contributed by atoms with Gasteiger partial charge >= 0.3 is 0 Å². The van der Waals surface area contributed by atoms with Crippen LogP contribution in [0, 0.1) is 5.92 Å². The number of unbranched alkanes of at least 4 members (excludes halogenated alkanes) is 1. The molecule has 3 aromatic rings. The molecule has 30 heavy (non-hydrogen) atoms. The van der Waals surface area contributed by atoms with E-state index in [9.17, 15) is 4.79 Å². The molecule has 4 rings (SSSR count). The lowest BCUT2D eigenvalue weighted by Gasteiger charge is -2.14. The zero-order chi connectivity index (χ0) is 20.9. The normalized spacial score (nSPS) is 13.4. The summed E-state index contributed by atoms with van der Waals surface area (Å²) in [6, 6.07) is 13.1. The number of rotatable bonds is 9. The number of carbonyl (C=O) groups is 1. The maximum Gasteiger partial charge on any atom is 0.267 e. The van der Waals surface area contributed by atoms with Gasteiger partial charge in [0.05, 0.1) is 0 Å². The SMILES string of the molecule is CCCC[C@@H](CC)CNC(=O)c1cc2cc(Oc3ccc4c(c3)OCO4)ccc2[nH]1. The van der Waals surface area contributed by atoms with Gasteiger partial charge in [0, 0.05) is 23.5 Å². The summed E-state index contributed by atoms with van der Waals surface area (Å²) in [4.78, 5) is 15.8. The number of hydrogen-bond donors (Lipinski definition) is 2. The fourth-order valence-corrected chi connectivity index (χ4v) is 3.65. The average molecular weight is 408 g/mol. The number of H-pyrrole nitrogens is 1. The van der Waals surface area contributed by atoms with Gasteiger partial charge in [-0.1, -0.05) is 33.1 Å². The molecular formula is C24H28N2O4. The van der Waals surface area contributed by atoms with Crippen LogP contribution in [0.25, 0.3) is 10.9 Å². The van der Waals surface area contributed by atoms with Crippen molar-refractivity contribution in [1.29, 1.82) is 0 Å². The van der Waals surface area contributed by atoms with E-state index in [4.69, 9.17) is 14.2 Å². The van der Waals surface area contributed by atoms with Crippen LogP contribution in [0.4, 0.5) is 0 Å². The first-order valence-corrected chi connectivity index (χ1v) is 10.6. The Bertz CT molecular complexity index is 1030. The smallest absolute Gasteiger partial charge is 0.267 e. The van der Waals surface area contributed by atoms with Crippen molar-refractivity contribution in [3.8, 4) is 23.0 Å². The van der Waals surface area contributed by atoms with Crippen molar-refractivity contribution < 1.29 is 19.0 Å². The number of carbonyl (C=O) groups excluding carboxylic acids is 1. The van der Waals surface area contributed by atoms with E-state index < -0.39 is 0 Å². The van der Waals surface area contributed by atoms with Gasteiger partial charge in [0.1, 0.15) is 17.2 Å². The van der Waals surface area contributed by atoms with E-state index in [0.29, 0.717) is 35.4 Å². The van der Waals surface area contributed by atoms with Crippen molar-refractivity contribution in [2.24, 2.45) is 5.92 Å². The highest BCUT2D eigenvalue weighted by atomic mass is 16.7. The molecule has 0 fully saturated rings. The second kappa shape index (κ2) is 9.11. The number of aromatic amines is 1. The Kier molecular flexibility index (Phi) is 6.12. The number of aromatic nitrogens is 1. The number of amides is 1. The van der Waals surface area contributed by atoms with Crippen molar-refractivity contribution in [3.63, 3.8) is 0 Å². The van der Waals surface area contributed by atoms with Crippen molar-refractivity contribution in [2.45, 2.75) is 39.5 Å². The molecule has 2 heterocycles. The molecule has 0 aliphatic carbocycles. The third-order valence-electron chi connectivity index (χ3n) is 5.51. The zero-order valence-electron chi connectivity index (χ0n) is 17.5. The van der Waals surface area contributed by atoms with Crippen molar-refractivity contribution in [3.05, 3.63) is 48.2 Å². The van der Waals surface area contributed by atoms with Crippen LogP contribution in [0.1, 0.15) is 50.0 Å².